The molecule has 0 amide bonds. The van der Waals surface area contributed by atoms with Crippen LogP contribution in [0.4, 0.5) is 0 Å². The molecule has 0 aliphatic carbocycles. The maximum absolute atomic E-state index is 12.0. The van der Waals surface area contributed by atoms with Gasteiger partial charge in [0, 0.05) is 26.1 Å². The van der Waals surface area contributed by atoms with E-state index in [1.165, 1.54) is 0 Å². The molecule has 0 bridgehead atoms. The molecular formula is C30H40O8. The predicted molar refractivity (Wildman–Crippen MR) is 145 cm³/mol. The highest BCUT2D eigenvalue weighted by Crippen LogP contribution is 2.16. The second-order valence-corrected chi connectivity index (χ2v) is 8.18. The fourth-order valence-electron chi connectivity index (χ4n) is 3.59. The third-order valence-electron chi connectivity index (χ3n) is 5.38. The first-order valence-electron chi connectivity index (χ1n) is 13.2. The van der Waals surface area contributed by atoms with E-state index in [9.17, 15) is 9.59 Å². The Morgan fingerprint density at radius 3 is 1.29 bits per heavy atom. The van der Waals surface area contributed by atoms with Crippen LogP contribution in [0.3, 0.4) is 0 Å². The van der Waals surface area contributed by atoms with Crippen molar-refractivity contribution < 1.29 is 38.0 Å². The molecule has 2 atom stereocenters. The number of ether oxygens (including phenoxy) is 6. The molecule has 2 rings (SSSR count). The molecule has 38 heavy (non-hydrogen) atoms. The van der Waals surface area contributed by atoms with Crippen LogP contribution in [-0.4, -0.2) is 63.8 Å². The molecule has 0 spiro atoms. The molecule has 0 heterocycles. The van der Waals surface area contributed by atoms with Gasteiger partial charge in [-0.25, -0.2) is 9.59 Å². The van der Waals surface area contributed by atoms with Crippen molar-refractivity contribution in [2.75, 3.05) is 39.6 Å². The van der Waals surface area contributed by atoms with Gasteiger partial charge in [0.15, 0.2) is 12.2 Å². The smallest absolute Gasteiger partial charge is 0.335 e. The van der Waals surface area contributed by atoms with Gasteiger partial charge in [0.1, 0.15) is 24.7 Å². The van der Waals surface area contributed by atoms with Gasteiger partial charge in [-0.15, -0.1) is 0 Å². The van der Waals surface area contributed by atoms with Gasteiger partial charge in [-0.1, -0.05) is 24.3 Å². The number of hydrogen-bond donors (Lipinski definition) is 0. The molecule has 0 saturated carbocycles. The maximum Gasteiger partial charge on any atom is 0.335 e. The molecule has 0 N–H and O–H groups in total. The fourth-order valence-corrected chi connectivity index (χ4v) is 3.59. The summed E-state index contributed by atoms with van der Waals surface area (Å²) in [5, 5.41) is 0. The van der Waals surface area contributed by atoms with Crippen molar-refractivity contribution >= 4 is 11.9 Å². The monoisotopic (exact) mass is 528 g/mol. The van der Waals surface area contributed by atoms with Gasteiger partial charge >= 0.3 is 11.9 Å². The topological polar surface area (TPSA) is 89.5 Å². The minimum atomic E-state index is -0.609. The van der Waals surface area contributed by atoms with Crippen LogP contribution in [0.1, 0.15) is 38.8 Å². The zero-order chi connectivity index (χ0) is 27.6. The standard InChI is InChI=1S/C30H40O8/c1-5-33-27(29(31)35-7-3)21-23-11-15-25(16-12-23)37-19-9-10-20-38-26-17-13-24(14-18-26)22-28(34-6-2)30(32)36-8-4/h9-18,27-28H,5-8,19-22H2,1-4H3. The summed E-state index contributed by atoms with van der Waals surface area (Å²) >= 11 is 0. The third-order valence-corrected chi connectivity index (χ3v) is 5.38. The Hall–Kier alpha value is -3.36. The van der Waals surface area contributed by atoms with Crippen molar-refractivity contribution in [3.05, 3.63) is 71.8 Å². The number of carbonyl (C=O) groups is 2. The number of esters is 2. The maximum atomic E-state index is 12.0. The molecule has 0 aliphatic rings. The van der Waals surface area contributed by atoms with E-state index in [-0.39, 0.29) is 11.9 Å². The highest BCUT2D eigenvalue weighted by Gasteiger charge is 2.21. The summed E-state index contributed by atoms with van der Waals surface area (Å²) in [5.41, 5.74) is 1.93. The van der Waals surface area contributed by atoms with Crippen molar-refractivity contribution in [3.8, 4) is 11.5 Å². The van der Waals surface area contributed by atoms with Crippen LogP contribution in [0.15, 0.2) is 60.7 Å². The third kappa shape index (κ3) is 11.4. The molecule has 0 fully saturated rings. The second kappa shape index (κ2) is 18.0. The molecule has 8 heteroatoms. The lowest BCUT2D eigenvalue weighted by atomic mass is 10.1. The Labute approximate surface area is 225 Å². The highest BCUT2D eigenvalue weighted by atomic mass is 16.6. The van der Waals surface area contributed by atoms with Crippen LogP contribution in [0.5, 0.6) is 11.5 Å². The quantitative estimate of drug-likeness (QED) is 0.203. The number of benzene rings is 2. The molecule has 2 aromatic carbocycles. The average Bonchev–Trinajstić information content (AvgIpc) is 2.92. The van der Waals surface area contributed by atoms with E-state index in [2.05, 4.69) is 0 Å². The van der Waals surface area contributed by atoms with Gasteiger partial charge in [-0.2, -0.15) is 0 Å². The normalized spacial score (nSPS) is 12.6. The van der Waals surface area contributed by atoms with Crippen LogP contribution >= 0.6 is 0 Å². The van der Waals surface area contributed by atoms with E-state index >= 15 is 0 Å². The molecular weight excluding hydrogens is 488 g/mol. The van der Waals surface area contributed by atoms with Crippen molar-refractivity contribution in [1.29, 1.82) is 0 Å². The minimum Gasteiger partial charge on any atom is -0.490 e. The first-order valence-corrected chi connectivity index (χ1v) is 13.2. The van der Waals surface area contributed by atoms with Crippen LogP contribution in [-0.2, 0) is 41.4 Å². The summed E-state index contributed by atoms with van der Waals surface area (Å²) in [6, 6.07) is 15.1. The first kappa shape index (κ1) is 30.9. The molecule has 8 nitrogen and oxygen atoms in total. The number of rotatable bonds is 18. The van der Waals surface area contributed by atoms with Gasteiger partial charge in [0.05, 0.1) is 13.2 Å². The van der Waals surface area contributed by atoms with Gasteiger partial charge in [-0.05, 0) is 75.2 Å². The average molecular weight is 529 g/mol. The van der Waals surface area contributed by atoms with Crippen LogP contribution in [0.2, 0.25) is 0 Å². The Balaban J connectivity index is 1.73. The van der Waals surface area contributed by atoms with E-state index < -0.39 is 12.2 Å². The zero-order valence-electron chi connectivity index (χ0n) is 22.9. The lowest BCUT2D eigenvalue weighted by Crippen LogP contribution is -2.28. The largest absolute Gasteiger partial charge is 0.490 e. The Morgan fingerprint density at radius 2 is 0.974 bits per heavy atom. The van der Waals surface area contributed by atoms with Crippen molar-refractivity contribution in [1.82, 2.24) is 0 Å². The van der Waals surface area contributed by atoms with Gasteiger partial charge in [0.25, 0.3) is 0 Å². The lowest BCUT2D eigenvalue weighted by molar-refractivity contribution is -0.157. The minimum absolute atomic E-state index is 0.327. The molecule has 0 saturated heterocycles. The molecule has 0 radical (unpaired) electrons. The molecule has 0 aliphatic heterocycles. The zero-order valence-corrected chi connectivity index (χ0v) is 22.9. The summed E-state index contributed by atoms with van der Waals surface area (Å²) in [7, 11) is 0. The first-order chi connectivity index (χ1) is 18.5. The van der Waals surface area contributed by atoms with E-state index in [1.807, 2.05) is 74.5 Å². The van der Waals surface area contributed by atoms with Crippen molar-refractivity contribution in [2.24, 2.45) is 0 Å². The van der Waals surface area contributed by atoms with Gasteiger partial charge < -0.3 is 28.4 Å². The molecule has 2 unspecified atom stereocenters. The lowest BCUT2D eigenvalue weighted by Gasteiger charge is -2.15. The summed E-state index contributed by atoms with van der Waals surface area (Å²) < 4.78 is 32.7. The SMILES string of the molecule is CCOC(=O)C(Cc1ccc(OCC=CCOc2ccc(CC(OCC)C(=O)OCC)cc2)cc1)OCC. The van der Waals surface area contributed by atoms with E-state index in [0.29, 0.717) is 52.5 Å². The molecule has 208 valence electrons. The Bertz CT molecular complexity index is 889. The summed E-state index contributed by atoms with van der Waals surface area (Å²) in [5.74, 6) is 0.767. The van der Waals surface area contributed by atoms with Crippen molar-refractivity contribution in [2.45, 2.75) is 52.7 Å². The van der Waals surface area contributed by atoms with E-state index in [4.69, 9.17) is 28.4 Å². The van der Waals surface area contributed by atoms with Gasteiger partial charge in [0.2, 0.25) is 0 Å². The van der Waals surface area contributed by atoms with Crippen molar-refractivity contribution in [3.63, 3.8) is 0 Å². The van der Waals surface area contributed by atoms with Crippen LogP contribution in [0.25, 0.3) is 0 Å². The second-order valence-electron chi connectivity index (χ2n) is 8.18. The van der Waals surface area contributed by atoms with Crippen LogP contribution in [0, 0.1) is 0 Å². The Morgan fingerprint density at radius 1 is 0.605 bits per heavy atom. The summed E-state index contributed by atoms with van der Waals surface area (Å²) in [6.45, 7) is 9.61. The van der Waals surface area contributed by atoms with E-state index in [1.54, 1.807) is 13.8 Å². The van der Waals surface area contributed by atoms with Crippen LogP contribution < -0.4 is 9.47 Å². The van der Waals surface area contributed by atoms with E-state index in [0.717, 1.165) is 22.6 Å². The molecule has 0 aromatic heterocycles. The number of carbonyl (C=O) groups excluding carboxylic acids is 2. The van der Waals surface area contributed by atoms with Gasteiger partial charge in [-0.3, -0.25) is 0 Å². The fraction of sp³-hybridized carbons (Fsp3) is 0.467. The predicted octanol–water partition coefficient (Wildman–Crippen LogP) is 4.72. The Kier molecular flexibility index (Phi) is 14.6. The summed E-state index contributed by atoms with van der Waals surface area (Å²) in [4.78, 5) is 24.1. The highest BCUT2D eigenvalue weighted by molar-refractivity contribution is 5.75. The number of hydrogen-bond acceptors (Lipinski definition) is 8. The summed E-state index contributed by atoms with van der Waals surface area (Å²) in [6.07, 6.45) is 3.46. The molecule has 2 aromatic rings.